The summed E-state index contributed by atoms with van der Waals surface area (Å²) in [6, 6.07) is 12.5. The number of hydrogen-bond donors (Lipinski definition) is 1. The van der Waals surface area contributed by atoms with Crippen LogP contribution in [0, 0.1) is 0 Å². The Morgan fingerprint density at radius 2 is 1.75 bits per heavy atom. The minimum absolute atomic E-state index is 0.235. The van der Waals surface area contributed by atoms with Gasteiger partial charge < -0.3 is 19.5 Å². The maximum atomic E-state index is 12.8. The van der Waals surface area contributed by atoms with Crippen molar-refractivity contribution in [2.75, 3.05) is 42.9 Å². The second-order valence-corrected chi connectivity index (χ2v) is 7.70. The van der Waals surface area contributed by atoms with Crippen LogP contribution >= 0.6 is 23.2 Å². The molecule has 146 valence electrons. The molecule has 3 aromatic rings. The molecule has 1 aliphatic rings. The van der Waals surface area contributed by atoms with Gasteiger partial charge in [-0.3, -0.25) is 4.79 Å². The van der Waals surface area contributed by atoms with E-state index in [-0.39, 0.29) is 11.7 Å². The number of halogens is 2. The molecule has 1 N–H and O–H groups in total. The summed E-state index contributed by atoms with van der Waals surface area (Å²) in [6.45, 7) is 7.02. The van der Waals surface area contributed by atoms with Crippen LogP contribution in [0.25, 0.3) is 11.0 Å². The molecule has 0 aliphatic carbocycles. The summed E-state index contributed by atoms with van der Waals surface area (Å²) < 4.78 is 5.68. The molecule has 7 heteroatoms. The minimum Gasteiger partial charge on any atom is -0.451 e. The summed E-state index contributed by atoms with van der Waals surface area (Å²) in [5, 5.41) is 4.92. The number of rotatable bonds is 4. The Hall–Kier alpha value is -2.21. The van der Waals surface area contributed by atoms with Gasteiger partial charge in [0.15, 0.2) is 5.76 Å². The lowest BCUT2D eigenvalue weighted by Gasteiger charge is -2.36. The zero-order valence-electron chi connectivity index (χ0n) is 15.5. The maximum Gasteiger partial charge on any atom is 0.291 e. The number of anilines is 2. The van der Waals surface area contributed by atoms with Crippen molar-refractivity contribution < 1.29 is 9.21 Å². The Labute approximate surface area is 173 Å². The third kappa shape index (κ3) is 3.97. The van der Waals surface area contributed by atoms with Crippen molar-refractivity contribution in [3.8, 4) is 0 Å². The Morgan fingerprint density at radius 1 is 1.04 bits per heavy atom. The summed E-state index contributed by atoms with van der Waals surface area (Å²) in [6.07, 6.45) is 0. The molecule has 0 spiro atoms. The predicted molar refractivity (Wildman–Crippen MR) is 115 cm³/mol. The quantitative estimate of drug-likeness (QED) is 0.638. The van der Waals surface area contributed by atoms with E-state index in [0.29, 0.717) is 21.3 Å². The highest BCUT2D eigenvalue weighted by molar-refractivity contribution is 6.31. The minimum atomic E-state index is -0.317. The van der Waals surface area contributed by atoms with Crippen LogP contribution in [0.2, 0.25) is 10.0 Å². The average Bonchev–Trinajstić information content (AvgIpc) is 3.12. The molecule has 1 aromatic heterocycles. The summed E-state index contributed by atoms with van der Waals surface area (Å²) >= 11 is 12.2. The van der Waals surface area contributed by atoms with E-state index in [1.54, 1.807) is 30.3 Å². The number of likely N-dealkylation sites (N-methyl/N-ethyl adjacent to an activating group) is 1. The Kier molecular flexibility index (Phi) is 5.49. The van der Waals surface area contributed by atoms with Gasteiger partial charge in [0.1, 0.15) is 5.58 Å². The summed E-state index contributed by atoms with van der Waals surface area (Å²) in [7, 11) is 0. The molecule has 0 radical (unpaired) electrons. The van der Waals surface area contributed by atoms with E-state index in [1.807, 2.05) is 12.1 Å². The molecule has 0 atom stereocenters. The van der Waals surface area contributed by atoms with Gasteiger partial charge in [-0.05, 0) is 49.0 Å². The van der Waals surface area contributed by atoms with Gasteiger partial charge in [-0.15, -0.1) is 0 Å². The zero-order chi connectivity index (χ0) is 19.7. The van der Waals surface area contributed by atoms with Gasteiger partial charge in [-0.2, -0.15) is 0 Å². The number of fused-ring (bicyclic) bond motifs is 1. The summed E-state index contributed by atoms with van der Waals surface area (Å²) in [4.78, 5) is 17.5. The fourth-order valence-electron chi connectivity index (χ4n) is 3.50. The number of nitrogens with zero attached hydrogens (tertiary/aromatic N) is 2. The molecule has 0 saturated carbocycles. The molecule has 1 saturated heterocycles. The highest BCUT2D eigenvalue weighted by atomic mass is 35.5. The molecular weight excluding hydrogens is 397 g/mol. The van der Waals surface area contributed by atoms with Gasteiger partial charge in [0.05, 0.1) is 11.4 Å². The van der Waals surface area contributed by atoms with Crippen LogP contribution in [0.15, 0.2) is 46.9 Å². The summed E-state index contributed by atoms with van der Waals surface area (Å²) in [5.74, 6) is -0.0815. The van der Waals surface area contributed by atoms with E-state index in [2.05, 4.69) is 22.0 Å². The molecule has 5 nitrogen and oxygen atoms in total. The Morgan fingerprint density at radius 3 is 2.50 bits per heavy atom. The first-order valence-corrected chi connectivity index (χ1v) is 10.1. The topological polar surface area (TPSA) is 48.7 Å². The van der Waals surface area contributed by atoms with Gasteiger partial charge in [-0.1, -0.05) is 30.1 Å². The summed E-state index contributed by atoms with van der Waals surface area (Å²) in [5.41, 5.74) is 2.27. The van der Waals surface area contributed by atoms with Crippen molar-refractivity contribution in [2.24, 2.45) is 0 Å². The van der Waals surface area contributed by atoms with E-state index in [4.69, 9.17) is 27.6 Å². The lowest BCUT2D eigenvalue weighted by Crippen LogP contribution is -2.46. The first-order chi connectivity index (χ1) is 13.5. The SMILES string of the molecule is CCN1CCN(c2ccc(Cl)cc2NC(=O)c2cc3cc(Cl)ccc3o2)CC1. The highest BCUT2D eigenvalue weighted by Gasteiger charge is 2.21. The van der Waals surface area contributed by atoms with Crippen molar-refractivity contribution in [3.05, 3.63) is 58.3 Å². The van der Waals surface area contributed by atoms with Crippen LogP contribution in [0.5, 0.6) is 0 Å². The van der Waals surface area contributed by atoms with Crippen LogP contribution in [-0.2, 0) is 0 Å². The van der Waals surface area contributed by atoms with Crippen molar-refractivity contribution in [2.45, 2.75) is 6.92 Å². The van der Waals surface area contributed by atoms with Crippen LogP contribution in [0.4, 0.5) is 11.4 Å². The number of hydrogen-bond acceptors (Lipinski definition) is 4. The van der Waals surface area contributed by atoms with E-state index in [0.717, 1.165) is 43.8 Å². The largest absolute Gasteiger partial charge is 0.451 e. The Balaban J connectivity index is 1.58. The molecule has 28 heavy (non-hydrogen) atoms. The zero-order valence-corrected chi connectivity index (χ0v) is 17.1. The van der Waals surface area contributed by atoms with Crippen LogP contribution in [0.1, 0.15) is 17.5 Å². The molecule has 2 heterocycles. The molecule has 1 amide bonds. The second-order valence-electron chi connectivity index (χ2n) is 6.83. The van der Waals surface area contributed by atoms with Gasteiger partial charge >= 0.3 is 0 Å². The van der Waals surface area contributed by atoms with Crippen LogP contribution in [-0.4, -0.2) is 43.5 Å². The number of piperazine rings is 1. The number of amides is 1. The lowest BCUT2D eigenvalue weighted by atomic mass is 10.2. The van der Waals surface area contributed by atoms with E-state index < -0.39 is 0 Å². The van der Waals surface area contributed by atoms with Gasteiger partial charge in [0.2, 0.25) is 0 Å². The fraction of sp³-hybridized carbons (Fsp3) is 0.286. The molecular formula is C21H21Cl2N3O2. The first kappa shape index (κ1) is 19.1. The van der Waals surface area contributed by atoms with E-state index >= 15 is 0 Å². The fourth-order valence-corrected chi connectivity index (χ4v) is 3.85. The van der Waals surface area contributed by atoms with Crippen molar-refractivity contribution in [1.29, 1.82) is 0 Å². The number of benzene rings is 2. The average molecular weight is 418 g/mol. The maximum absolute atomic E-state index is 12.8. The molecule has 1 fully saturated rings. The molecule has 4 rings (SSSR count). The van der Waals surface area contributed by atoms with Crippen LogP contribution in [0.3, 0.4) is 0 Å². The van der Waals surface area contributed by atoms with Crippen molar-refractivity contribution >= 4 is 51.5 Å². The van der Waals surface area contributed by atoms with Gasteiger partial charge in [-0.25, -0.2) is 0 Å². The van der Waals surface area contributed by atoms with E-state index in [1.165, 1.54) is 0 Å². The smallest absolute Gasteiger partial charge is 0.291 e. The third-order valence-corrected chi connectivity index (χ3v) is 5.54. The van der Waals surface area contributed by atoms with Crippen LogP contribution < -0.4 is 10.2 Å². The standard InChI is InChI=1S/C21H21Cl2N3O2/c1-2-25-7-9-26(10-8-25)18-5-3-16(23)13-17(18)24-21(27)20-12-14-11-15(22)4-6-19(14)28-20/h3-6,11-13H,2,7-10H2,1H3,(H,24,27). The Bertz CT molecular complexity index is 1010. The normalized spacial score (nSPS) is 15.2. The van der Waals surface area contributed by atoms with Gasteiger partial charge in [0.25, 0.3) is 5.91 Å². The number of carbonyl (C=O) groups excluding carboxylic acids is 1. The lowest BCUT2D eigenvalue weighted by molar-refractivity contribution is 0.0998. The monoisotopic (exact) mass is 417 g/mol. The molecule has 0 unspecified atom stereocenters. The molecule has 1 aliphatic heterocycles. The number of nitrogens with one attached hydrogen (secondary N) is 1. The van der Waals surface area contributed by atoms with Crippen molar-refractivity contribution in [1.82, 2.24) is 4.90 Å². The molecule has 2 aromatic carbocycles. The molecule has 0 bridgehead atoms. The first-order valence-electron chi connectivity index (χ1n) is 9.31. The van der Waals surface area contributed by atoms with Crippen molar-refractivity contribution in [3.63, 3.8) is 0 Å². The number of carbonyl (C=O) groups is 1. The van der Waals surface area contributed by atoms with E-state index in [9.17, 15) is 4.79 Å². The van der Waals surface area contributed by atoms with Gasteiger partial charge in [0, 0.05) is 41.6 Å². The second kappa shape index (κ2) is 8.03. The highest BCUT2D eigenvalue weighted by Crippen LogP contribution is 2.31. The third-order valence-electron chi connectivity index (χ3n) is 5.07. The predicted octanol–water partition coefficient (Wildman–Crippen LogP) is 5.13. The number of furan rings is 1.